The number of ether oxygens (including phenoxy) is 3. The molecule has 0 radical (unpaired) electrons. The van der Waals surface area contributed by atoms with E-state index in [4.69, 9.17) is 14.2 Å². The first kappa shape index (κ1) is 16.0. The summed E-state index contributed by atoms with van der Waals surface area (Å²) in [6.45, 7) is 3.98. The first-order valence-corrected chi connectivity index (χ1v) is 8.05. The number of hydrogen-bond donors (Lipinski definition) is 1. The Hall–Kier alpha value is -1.88. The topological polar surface area (TPSA) is 39.7 Å². The van der Waals surface area contributed by atoms with Crippen molar-refractivity contribution in [3.63, 3.8) is 0 Å². The fourth-order valence-corrected chi connectivity index (χ4v) is 2.88. The van der Waals surface area contributed by atoms with Gasteiger partial charge in [-0.3, -0.25) is 0 Å². The molecule has 122 valence electrons. The largest absolute Gasteiger partial charge is 0.494 e. The molecule has 1 aliphatic heterocycles. The van der Waals surface area contributed by atoms with E-state index in [0.29, 0.717) is 19.8 Å². The van der Waals surface area contributed by atoms with Crippen molar-refractivity contribution in [1.29, 1.82) is 0 Å². The molecule has 0 aliphatic carbocycles. The van der Waals surface area contributed by atoms with Gasteiger partial charge in [-0.2, -0.15) is 0 Å². The Bertz CT molecular complexity index is 621. The maximum absolute atomic E-state index is 5.60. The minimum absolute atomic E-state index is 0.118. The van der Waals surface area contributed by atoms with E-state index in [1.54, 1.807) is 0 Å². The normalized spacial score (nSPS) is 16.4. The fraction of sp³-hybridized carbons (Fsp3) is 0.368. The molecule has 0 aromatic heterocycles. The van der Waals surface area contributed by atoms with Crippen LogP contribution >= 0.6 is 0 Å². The lowest BCUT2D eigenvalue weighted by atomic mass is 9.97. The molecule has 0 bridgehead atoms. The van der Waals surface area contributed by atoms with E-state index in [9.17, 15) is 0 Å². The lowest BCUT2D eigenvalue weighted by Crippen LogP contribution is -2.18. The molecule has 1 aliphatic rings. The van der Waals surface area contributed by atoms with Crippen molar-refractivity contribution < 1.29 is 14.2 Å². The summed E-state index contributed by atoms with van der Waals surface area (Å²) in [5, 5.41) is 3.38. The van der Waals surface area contributed by atoms with E-state index in [1.807, 2.05) is 32.2 Å². The number of nitrogens with one attached hydrogen (secondary N) is 1. The van der Waals surface area contributed by atoms with E-state index < -0.39 is 0 Å². The van der Waals surface area contributed by atoms with Crippen LogP contribution < -0.4 is 10.1 Å². The minimum Gasteiger partial charge on any atom is -0.494 e. The van der Waals surface area contributed by atoms with Gasteiger partial charge in [0.1, 0.15) is 5.75 Å². The number of rotatable bonds is 6. The first-order valence-electron chi connectivity index (χ1n) is 8.05. The van der Waals surface area contributed by atoms with Crippen LogP contribution in [0.1, 0.15) is 35.9 Å². The predicted molar refractivity (Wildman–Crippen MR) is 89.6 cm³/mol. The standard InChI is InChI=1S/C19H23NO3/c1-3-21-17-9-7-14(8-10-17)18(20-2)15-5-4-6-16(13-15)19-22-11-12-23-19/h4-10,13,18-20H,3,11-12H2,1-2H3. The second-order valence-corrected chi connectivity index (χ2v) is 5.47. The predicted octanol–water partition coefficient (Wildman–Crippen LogP) is 3.44. The van der Waals surface area contributed by atoms with Gasteiger partial charge in [0.05, 0.1) is 25.9 Å². The van der Waals surface area contributed by atoms with Gasteiger partial charge in [-0.25, -0.2) is 0 Å². The second kappa shape index (κ2) is 7.59. The van der Waals surface area contributed by atoms with Crippen molar-refractivity contribution in [2.45, 2.75) is 19.3 Å². The van der Waals surface area contributed by atoms with Crippen LogP contribution in [0.4, 0.5) is 0 Å². The third-order valence-corrected chi connectivity index (χ3v) is 3.95. The average Bonchev–Trinajstić information content (AvgIpc) is 3.12. The van der Waals surface area contributed by atoms with Crippen LogP contribution in [-0.4, -0.2) is 26.9 Å². The molecule has 1 saturated heterocycles. The summed E-state index contributed by atoms with van der Waals surface area (Å²) in [7, 11) is 1.97. The van der Waals surface area contributed by atoms with Crippen LogP contribution in [0.2, 0.25) is 0 Å². The van der Waals surface area contributed by atoms with Gasteiger partial charge >= 0.3 is 0 Å². The Morgan fingerprint density at radius 2 is 1.83 bits per heavy atom. The monoisotopic (exact) mass is 313 g/mol. The molecular formula is C19H23NO3. The molecule has 4 heteroatoms. The first-order chi connectivity index (χ1) is 11.3. The highest BCUT2D eigenvalue weighted by Gasteiger charge is 2.20. The van der Waals surface area contributed by atoms with Crippen LogP contribution in [0.3, 0.4) is 0 Å². The summed E-state index contributed by atoms with van der Waals surface area (Å²) in [6, 6.07) is 16.7. The molecule has 2 aromatic rings. The van der Waals surface area contributed by atoms with Crippen molar-refractivity contribution in [1.82, 2.24) is 5.32 Å². The number of benzene rings is 2. The maximum atomic E-state index is 5.60. The molecule has 0 amide bonds. The van der Waals surface area contributed by atoms with Crippen LogP contribution in [-0.2, 0) is 9.47 Å². The molecule has 1 unspecified atom stereocenters. The van der Waals surface area contributed by atoms with E-state index in [0.717, 1.165) is 11.3 Å². The van der Waals surface area contributed by atoms with Gasteiger partial charge in [0.25, 0.3) is 0 Å². The van der Waals surface area contributed by atoms with Gasteiger partial charge in [-0.15, -0.1) is 0 Å². The zero-order valence-electron chi connectivity index (χ0n) is 13.6. The van der Waals surface area contributed by atoms with E-state index in [1.165, 1.54) is 11.1 Å². The molecule has 1 heterocycles. The van der Waals surface area contributed by atoms with Crippen molar-refractivity contribution >= 4 is 0 Å². The van der Waals surface area contributed by atoms with Gasteiger partial charge in [0, 0.05) is 5.56 Å². The Morgan fingerprint density at radius 1 is 1.09 bits per heavy atom. The smallest absolute Gasteiger partial charge is 0.184 e. The summed E-state index contributed by atoms with van der Waals surface area (Å²) in [6.07, 6.45) is -0.243. The molecule has 1 atom stereocenters. The van der Waals surface area contributed by atoms with Gasteiger partial charge in [-0.1, -0.05) is 30.3 Å². The highest BCUT2D eigenvalue weighted by Crippen LogP contribution is 2.28. The zero-order valence-corrected chi connectivity index (χ0v) is 13.6. The summed E-state index contributed by atoms with van der Waals surface area (Å²) in [4.78, 5) is 0. The quantitative estimate of drug-likeness (QED) is 0.887. The van der Waals surface area contributed by atoms with Crippen molar-refractivity contribution in [2.24, 2.45) is 0 Å². The minimum atomic E-state index is -0.243. The van der Waals surface area contributed by atoms with E-state index >= 15 is 0 Å². The van der Waals surface area contributed by atoms with Gasteiger partial charge < -0.3 is 19.5 Å². The Kier molecular flexibility index (Phi) is 5.28. The van der Waals surface area contributed by atoms with Crippen molar-refractivity contribution in [3.8, 4) is 5.75 Å². The molecule has 1 fully saturated rings. The fourth-order valence-electron chi connectivity index (χ4n) is 2.88. The van der Waals surface area contributed by atoms with Gasteiger partial charge in [0.15, 0.2) is 6.29 Å². The molecule has 0 saturated carbocycles. The summed E-state index contributed by atoms with van der Waals surface area (Å²) in [5.74, 6) is 0.896. The van der Waals surface area contributed by atoms with Crippen LogP contribution in [0.25, 0.3) is 0 Å². The molecule has 3 rings (SSSR count). The summed E-state index contributed by atoms with van der Waals surface area (Å²) >= 11 is 0. The Balaban J connectivity index is 1.83. The summed E-state index contributed by atoms with van der Waals surface area (Å²) < 4.78 is 16.7. The third kappa shape index (κ3) is 3.72. The maximum Gasteiger partial charge on any atom is 0.184 e. The van der Waals surface area contributed by atoms with Crippen LogP contribution in [0, 0.1) is 0 Å². The second-order valence-electron chi connectivity index (χ2n) is 5.47. The number of hydrogen-bond acceptors (Lipinski definition) is 4. The average molecular weight is 313 g/mol. The van der Waals surface area contributed by atoms with Gasteiger partial charge in [-0.05, 0) is 43.3 Å². The van der Waals surface area contributed by atoms with E-state index in [-0.39, 0.29) is 12.3 Å². The Morgan fingerprint density at radius 3 is 2.48 bits per heavy atom. The third-order valence-electron chi connectivity index (χ3n) is 3.95. The summed E-state index contributed by atoms with van der Waals surface area (Å²) in [5.41, 5.74) is 3.45. The molecule has 23 heavy (non-hydrogen) atoms. The van der Waals surface area contributed by atoms with Crippen molar-refractivity contribution in [2.75, 3.05) is 26.9 Å². The van der Waals surface area contributed by atoms with Crippen LogP contribution in [0.15, 0.2) is 48.5 Å². The molecule has 0 spiro atoms. The van der Waals surface area contributed by atoms with E-state index in [2.05, 4.69) is 35.6 Å². The molecular weight excluding hydrogens is 290 g/mol. The lowest BCUT2D eigenvalue weighted by Gasteiger charge is -2.19. The highest BCUT2D eigenvalue weighted by atomic mass is 16.7. The molecule has 4 nitrogen and oxygen atoms in total. The highest BCUT2D eigenvalue weighted by molar-refractivity contribution is 5.37. The Labute approximate surface area is 137 Å². The molecule has 2 aromatic carbocycles. The van der Waals surface area contributed by atoms with Crippen LogP contribution in [0.5, 0.6) is 5.75 Å². The molecule has 1 N–H and O–H groups in total. The van der Waals surface area contributed by atoms with Gasteiger partial charge in [0.2, 0.25) is 0 Å². The zero-order chi connectivity index (χ0) is 16.1. The van der Waals surface area contributed by atoms with Crippen molar-refractivity contribution in [3.05, 3.63) is 65.2 Å². The lowest BCUT2D eigenvalue weighted by molar-refractivity contribution is -0.0441. The SMILES string of the molecule is CCOc1ccc(C(NC)c2cccc(C3OCCO3)c2)cc1.